The quantitative estimate of drug-likeness (QED) is 0.758. The Labute approximate surface area is 130 Å². The summed E-state index contributed by atoms with van der Waals surface area (Å²) >= 11 is 0. The van der Waals surface area contributed by atoms with Crippen molar-refractivity contribution in [3.05, 3.63) is 71.3 Å². The van der Waals surface area contributed by atoms with Crippen molar-refractivity contribution >= 4 is 5.97 Å². The molecule has 4 nitrogen and oxygen atoms in total. The Morgan fingerprint density at radius 3 is 2.45 bits per heavy atom. The summed E-state index contributed by atoms with van der Waals surface area (Å²) in [5, 5.41) is 9.15. The number of hydrogen-bond acceptors (Lipinski definition) is 3. The number of ether oxygens (including phenoxy) is 2. The van der Waals surface area contributed by atoms with Gasteiger partial charge in [0, 0.05) is 13.7 Å². The minimum Gasteiger partial charge on any atom is -0.478 e. The van der Waals surface area contributed by atoms with E-state index in [1.54, 1.807) is 25.3 Å². The van der Waals surface area contributed by atoms with Crippen LogP contribution < -0.4 is 0 Å². The SMILES string of the molecule is COCCCOC(c1ccccc1)c1cccc(C(=O)O)c1. The van der Waals surface area contributed by atoms with Crippen molar-refractivity contribution in [3.8, 4) is 0 Å². The average molecular weight is 300 g/mol. The van der Waals surface area contributed by atoms with Crippen LogP contribution >= 0.6 is 0 Å². The lowest BCUT2D eigenvalue weighted by molar-refractivity contribution is 0.0614. The van der Waals surface area contributed by atoms with E-state index in [4.69, 9.17) is 14.6 Å². The van der Waals surface area contributed by atoms with Crippen LogP contribution in [0.4, 0.5) is 0 Å². The maximum atomic E-state index is 11.2. The number of rotatable bonds is 8. The van der Waals surface area contributed by atoms with Gasteiger partial charge in [0.25, 0.3) is 0 Å². The number of aromatic carboxylic acids is 1. The van der Waals surface area contributed by atoms with Crippen LogP contribution in [-0.4, -0.2) is 31.4 Å². The molecule has 2 aromatic rings. The molecular weight excluding hydrogens is 280 g/mol. The Kier molecular flexibility index (Phi) is 6.13. The Morgan fingerprint density at radius 2 is 1.77 bits per heavy atom. The fourth-order valence-corrected chi connectivity index (χ4v) is 2.25. The second kappa shape index (κ2) is 8.32. The summed E-state index contributed by atoms with van der Waals surface area (Å²) in [6.45, 7) is 1.18. The van der Waals surface area contributed by atoms with Crippen molar-refractivity contribution in [2.75, 3.05) is 20.3 Å². The minimum absolute atomic E-state index is 0.263. The van der Waals surface area contributed by atoms with Crippen LogP contribution in [0.1, 0.15) is 34.0 Å². The van der Waals surface area contributed by atoms with Crippen molar-refractivity contribution in [1.82, 2.24) is 0 Å². The molecule has 0 saturated carbocycles. The molecule has 0 heterocycles. The molecule has 22 heavy (non-hydrogen) atoms. The molecule has 0 spiro atoms. The van der Waals surface area contributed by atoms with Gasteiger partial charge < -0.3 is 14.6 Å². The summed E-state index contributed by atoms with van der Waals surface area (Å²) in [6.07, 6.45) is 0.510. The van der Waals surface area contributed by atoms with Gasteiger partial charge in [-0.15, -0.1) is 0 Å². The molecule has 0 aromatic heterocycles. The van der Waals surface area contributed by atoms with Gasteiger partial charge in [-0.25, -0.2) is 4.79 Å². The lowest BCUT2D eigenvalue weighted by Crippen LogP contribution is -2.10. The van der Waals surface area contributed by atoms with E-state index in [0.717, 1.165) is 17.5 Å². The third-order valence-electron chi connectivity index (χ3n) is 3.32. The fourth-order valence-electron chi connectivity index (χ4n) is 2.25. The van der Waals surface area contributed by atoms with Gasteiger partial charge in [-0.2, -0.15) is 0 Å². The van der Waals surface area contributed by atoms with Crippen LogP contribution in [0.15, 0.2) is 54.6 Å². The molecule has 0 saturated heterocycles. The normalized spacial score (nSPS) is 12.0. The number of benzene rings is 2. The zero-order chi connectivity index (χ0) is 15.8. The Balaban J connectivity index is 2.23. The molecule has 0 bridgehead atoms. The van der Waals surface area contributed by atoms with E-state index in [0.29, 0.717) is 13.2 Å². The number of carboxylic acid groups (broad SMARTS) is 1. The van der Waals surface area contributed by atoms with Crippen LogP contribution in [0.2, 0.25) is 0 Å². The third kappa shape index (κ3) is 4.41. The van der Waals surface area contributed by atoms with Crippen molar-refractivity contribution < 1.29 is 19.4 Å². The summed E-state index contributed by atoms with van der Waals surface area (Å²) in [5.74, 6) is -0.937. The molecule has 1 unspecified atom stereocenters. The molecule has 0 aliphatic heterocycles. The van der Waals surface area contributed by atoms with E-state index in [1.165, 1.54) is 0 Å². The molecule has 0 fully saturated rings. The lowest BCUT2D eigenvalue weighted by Gasteiger charge is -2.19. The second-order valence-electron chi connectivity index (χ2n) is 4.94. The van der Waals surface area contributed by atoms with E-state index in [1.807, 2.05) is 36.4 Å². The summed E-state index contributed by atoms with van der Waals surface area (Å²) in [5.41, 5.74) is 2.10. The smallest absolute Gasteiger partial charge is 0.335 e. The van der Waals surface area contributed by atoms with E-state index < -0.39 is 5.97 Å². The first kappa shape index (κ1) is 16.2. The molecular formula is C18H20O4. The van der Waals surface area contributed by atoms with Crippen molar-refractivity contribution in [3.63, 3.8) is 0 Å². The van der Waals surface area contributed by atoms with Gasteiger partial charge in [-0.3, -0.25) is 0 Å². The van der Waals surface area contributed by atoms with Gasteiger partial charge in [0.2, 0.25) is 0 Å². The van der Waals surface area contributed by atoms with Crippen LogP contribution in [0, 0.1) is 0 Å². The summed E-state index contributed by atoms with van der Waals surface area (Å²) in [7, 11) is 1.66. The molecule has 4 heteroatoms. The molecule has 0 amide bonds. The highest BCUT2D eigenvalue weighted by molar-refractivity contribution is 5.87. The third-order valence-corrected chi connectivity index (χ3v) is 3.32. The van der Waals surface area contributed by atoms with Crippen LogP contribution in [-0.2, 0) is 9.47 Å². The molecule has 0 aliphatic carbocycles. The molecule has 2 rings (SSSR count). The molecule has 1 atom stereocenters. The monoisotopic (exact) mass is 300 g/mol. The summed E-state index contributed by atoms with van der Waals surface area (Å²) < 4.78 is 11.0. The number of hydrogen-bond donors (Lipinski definition) is 1. The molecule has 0 aliphatic rings. The van der Waals surface area contributed by atoms with Crippen LogP contribution in [0.5, 0.6) is 0 Å². The number of carbonyl (C=O) groups is 1. The van der Waals surface area contributed by atoms with Gasteiger partial charge in [-0.05, 0) is 29.7 Å². The van der Waals surface area contributed by atoms with Gasteiger partial charge in [-0.1, -0.05) is 42.5 Å². The maximum absolute atomic E-state index is 11.2. The molecule has 0 radical (unpaired) electrons. The van der Waals surface area contributed by atoms with E-state index in [2.05, 4.69) is 0 Å². The van der Waals surface area contributed by atoms with E-state index in [-0.39, 0.29) is 11.7 Å². The highest BCUT2D eigenvalue weighted by Crippen LogP contribution is 2.26. The maximum Gasteiger partial charge on any atom is 0.335 e. The number of methoxy groups -OCH3 is 1. The highest BCUT2D eigenvalue weighted by Gasteiger charge is 2.16. The summed E-state index contributed by atoms with van der Waals surface area (Å²) in [4.78, 5) is 11.2. The van der Waals surface area contributed by atoms with Gasteiger partial charge in [0.1, 0.15) is 6.10 Å². The molecule has 2 aromatic carbocycles. The first-order valence-electron chi connectivity index (χ1n) is 7.21. The first-order valence-corrected chi connectivity index (χ1v) is 7.21. The highest BCUT2D eigenvalue weighted by atomic mass is 16.5. The van der Waals surface area contributed by atoms with Crippen molar-refractivity contribution in [1.29, 1.82) is 0 Å². The van der Waals surface area contributed by atoms with Gasteiger partial charge >= 0.3 is 5.97 Å². The van der Waals surface area contributed by atoms with Crippen LogP contribution in [0.25, 0.3) is 0 Å². The average Bonchev–Trinajstić information content (AvgIpc) is 2.56. The van der Waals surface area contributed by atoms with E-state index >= 15 is 0 Å². The van der Waals surface area contributed by atoms with E-state index in [9.17, 15) is 4.79 Å². The Bertz CT molecular complexity index is 595. The predicted molar refractivity (Wildman–Crippen MR) is 84.1 cm³/mol. The zero-order valence-electron chi connectivity index (χ0n) is 12.6. The molecule has 116 valence electrons. The topological polar surface area (TPSA) is 55.8 Å². The lowest BCUT2D eigenvalue weighted by atomic mass is 9.99. The van der Waals surface area contributed by atoms with Gasteiger partial charge in [0.05, 0.1) is 12.2 Å². The molecule has 1 N–H and O–H groups in total. The largest absolute Gasteiger partial charge is 0.478 e. The first-order chi connectivity index (χ1) is 10.7. The van der Waals surface area contributed by atoms with Crippen molar-refractivity contribution in [2.45, 2.75) is 12.5 Å². The van der Waals surface area contributed by atoms with Crippen LogP contribution in [0.3, 0.4) is 0 Å². The minimum atomic E-state index is -0.937. The zero-order valence-corrected chi connectivity index (χ0v) is 12.6. The van der Waals surface area contributed by atoms with Crippen molar-refractivity contribution in [2.24, 2.45) is 0 Å². The Morgan fingerprint density at radius 1 is 1.05 bits per heavy atom. The van der Waals surface area contributed by atoms with Gasteiger partial charge in [0.15, 0.2) is 0 Å². The summed E-state index contributed by atoms with van der Waals surface area (Å²) in [6, 6.07) is 16.7. The fraction of sp³-hybridized carbons (Fsp3) is 0.278. The standard InChI is InChI=1S/C18H20O4/c1-21-11-6-12-22-17(14-7-3-2-4-8-14)15-9-5-10-16(13-15)18(19)20/h2-5,7-10,13,17H,6,11-12H2,1H3,(H,19,20). The number of carboxylic acids is 1. The second-order valence-corrected chi connectivity index (χ2v) is 4.94. The Hall–Kier alpha value is -2.17. The predicted octanol–water partition coefficient (Wildman–Crippen LogP) is 3.53.